The van der Waals surface area contributed by atoms with Crippen LogP contribution in [0.1, 0.15) is 18.1 Å². The molecule has 3 nitrogen and oxygen atoms in total. The number of rotatable bonds is 3. The van der Waals surface area contributed by atoms with E-state index in [2.05, 4.69) is 10.6 Å². The van der Waals surface area contributed by atoms with Crippen LogP contribution < -0.4 is 10.6 Å². The van der Waals surface area contributed by atoms with Gasteiger partial charge in [-0.1, -0.05) is 30.3 Å². The standard InChI is InChI=1S/C12H16N2O/c1-3-8-13-12(15)14-9-11-7-5-4-6-10(11)2/h3-8H,9H2,1-2H3,(H2,13,14,15)/b8-3+. The Morgan fingerprint density at radius 1 is 1.40 bits per heavy atom. The lowest BCUT2D eigenvalue weighted by Crippen LogP contribution is -2.31. The molecule has 1 rings (SSSR count). The van der Waals surface area contributed by atoms with Crippen molar-refractivity contribution in [3.05, 3.63) is 47.7 Å². The topological polar surface area (TPSA) is 41.1 Å². The number of nitrogens with one attached hydrogen (secondary N) is 2. The largest absolute Gasteiger partial charge is 0.334 e. The van der Waals surface area contributed by atoms with Crippen molar-refractivity contribution in [2.45, 2.75) is 20.4 Å². The predicted octanol–water partition coefficient (Wildman–Crippen LogP) is 2.33. The van der Waals surface area contributed by atoms with Crippen molar-refractivity contribution < 1.29 is 4.79 Å². The molecule has 2 N–H and O–H groups in total. The lowest BCUT2D eigenvalue weighted by Gasteiger charge is -2.07. The molecule has 0 atom stereocenters. The van der Waals surface area contributed by atoms with Crippen LogP contribution in [0.4, 0.5) is 4.79 Å². The van der Waals surface area contributed by atoms with Crippen molar-refractivity contribution in [2.24, 2.45) is 0 Å². The first-order valence-corrected chi connectivity index (χ1v) is 4.94. The molecule has 0 unspecified atom stereocenters. The van der Waals surface area contributed by atoms with Gasteiger partial charge in [0.2, 0.25) is 0 Å². The van der Waals surface area contributed by atoms with Crippen LogP contribution in [0, 0.1) is 6.92 Å². The molecule has 0 heterocycles. The van der Waals surface area contributed by atoms with Crippen molar-refractivity contribution in [2.75, 3.05) is 0 Å². The smallest absolute Gasteiger partial charge is 0.319 e. The second kappa shape index (κ2) is 5.86. The average Bonchev–Trinajstić information content (AvgIpc) is 2.25. The third-order valence-corrected chi connectivity index (χ3v) is 2.08. The Hall–Kier alpha value is -1.77. The van der Waals surface area contributed by atoms with E-state index in [1.165, 1.54) is 5.56 Å². The summed E-state index contributed by atoms with van der Waals surface area (Å²) < 4.78 is 0. The normalized spacial score (nSPS) is 10.3. The number of allylic oxidation sites excluding steroid dienone is 1. The monoisotopic (exact) mass is 204 g/mol. The van der Waals surface area contributed by atoms with Gasteiger partial charge in [0.05, 0.1) is 0 Å². The molecule has 15 heavy (non-hydrogen) atoms. The molecule has 80 valence electrons. The van der Waals surface area contributed by atoms with E-state index in [0.717, 1.165) is 5.56 Å². The number of carbonyl (C=O) groups excluding carboxylic acids is 1. The lowest BCUT2D eigenvalue weighted by molar-refractivity contribution is 0.243. The van der Waals surface area contributed by atoms with Crippen LogP contribution >= 0.6 is 0 Å². The van der Waals surface area contributed by atoms with Gasteiger partial charge in [0.1, 0.15) is 0 Å². The molecule has 0 saturated carbocycles. The summed E-state index contributed by atoms with van der Waals surface area (Å²) in [5.74, 6) is 0. The molecule has 1 aromatic rings. The van der Waals surface area contributed by atoms with Crippen molar-refractivity contribution in [1.29, 1.82) is 0 Å². The number of hydrogen-bond acceptors (Lipinski definition) is 1. The van der Waals surface area contributed by atoms with E-state index in [-0.39, 0.29) is 6.03 Å². The van der Waals surface area contributed by atoms with Crippen LogP contribution in [0.2, 0.25) is 0 Å². The second-order valence-electron chi connectivity index (χ2n) is 3.25. The van der Waals surface area contributed by atoms with Gasteiger partial charge in [0, 0.05) is 12.7 Å². The quantitative estimate of drug-likeness (QED) is 0.779. The van der Waals surface area contributed by atoms with Gasteiger partial charge in [-0.05, 0) is 25.0 Å². The molecule has 0 aromatic heterocycles. The van der Waals surface area contributed by atoms with Crippen LogP contribution in [-0.2, 0) is 6.54 Å². The maximum atomic E-state index is 11.2. The molecular weight excluding hydrogens is 188 g/mol. The number of carbonyl (C=O) groups is 1. The third kappa shape index (κ3) is 3.85. The van der Waals surface area contributed by atoms with Gasteiger partial charge in [-0.25, -0.2) is 4.79 Å². The Balaban J connectivity index is 2.44. The summed E-state index contributed by atoms with van der Waals surface area (Å²) in [6.07, 6.45) is 3.38. The van der Waals surface area contributed by atoms with E-state index >= 15 is 0 Å². The Morgan fingerprint density at radius 2 is 2.13 bits per heavy atom. The molecule has 0 saturated heterocycles. The van der Waals surface area contributed by atoms with Crippen LogP contribution in [-0.4, -0.2) is 6.03 Å². The number of urea groups is 1. The number of amides is 2. The van der Waals surface area contributed by atoms with E-state index in [1.807, 2.05) is 38.1 Å². The Morgan fingerprint density at radius 3 is 2.80 bits per heavy atom. The first kappa shape index (κ1) is 11.3. The summed E-state index contributed by atoms with van der Waals surface area (Å²) in [5.41, 5.74) is 2.32. The molecule has 3 heteroatoms. The fraction of sp³-hybridized carbons (Fsp3) is 0.250. The van der Waals surface area contributed by atoms with Gasteiger partial charge >= 0.3 is 6.03 Å². The molecule has 0 fully saturated rings. The Labute approximate surface area is 90.2 Å². The SMILES string of the molecule is C/C=C/NC(=O)NCc1ccccc1C. The summed E-state index contributed by atoms with van der Waals surface area (Å²) in [4.78, 5) is 11.2. The Kier molecular flexibility index (Phi) is 4.41. The predicted molar refractivity (Wildman–Crippen MR) is 61.4 cm³/mol. The molecule has 1 aromatic carbocycles. The van der Waals surface area contributed by atoms with Crippen LogP contribution in [0.3, 0.4) is 0 Å². The average molecular weight is 204 g/mol. The summed E-state index contributed by atoms with van der Waals surface area (Å²) in [6.45, 7) is 4.43. The first-order valence-electron chi connectivity index (χ1n) is 4.94. The van der Waals surface area contributed by atoms with Crippen molar-refractivity contribution >= 4 is 6.03 Å². The molecule has 0 aliphatic heterocycles. The van der Waals surface area contributed by atoms with Gasteiger partial charge in [0.25, 0.3) is 0 Å². The van der Waals surface area contributed by atoms with E-state index in [9.17, 15) is 4.79 Å². The third-order valence-electron chi connectivity index (χ3n) is 2.08. The maximum absolute atomic E-state index is 11.2. The first-order chi connectivity index (χ1) is 7.24. The molecular formula is C12H16N2O. The molecule has 0 bridgehead atoms. The van der Waals surface area contributed by atoms with Crippen LogP contribution in [0.5, 0.6) is 0 Å². The zero-order valence-corrected chi connectivity index (χ0v) is 9.08. The highest BCUT2D eigenvalue weighted by Gasteiger charge is 1.99. The number of benzene rings is 1. The van der Waals surface area contributed by atoms with Crippen molar-refractivity contribution in [3.8, 4) is 0 Å². The van der Waals surface area contributed by atoms with E-state index in [0.29, 0.717) is 6.54 Å². The molecule has 0 spiro atoms. The van der Waals surface area contributed by atoms with E-state index in [4.69, 9.17) is 0 Å². The summed E-state index contributed by atoms with van der Waals surface area (Å²) >= 11 is 0. The van der Waals surface area contributed by atoms with Gasteiger partial charge < -0.3 is 10.6 Å². The highest BCUT2D eigenvalue weighted by molar-refractivity contribution is 5.74. The summed E-state index contributed by atoms with van der Waals surface area (Å²) in [7, 11) is 0. The van der Waals surface area contributed by atoms with Gasteiger partial charge in [-0.15, -0.1) is 0 Å². The van der Waals surface area contributed by atoms with Gasteiger partial charge in [-0.3, -0.25) is 0 Å². The van der Waals surface area contributed by atoms with E-state index < -0.39 is 0 Å². The molecule has 2 amide bonds. The zero-order valence-electron chi connectivity index (χ0n) is 9.08. The number of aryl methyl sites for hydroxylation is 1. The minimum absolute atomic E-state index is 0.184. The van der Waals surface area contributed by atoms with E-state index in [1.54, 1.807) is 12.3 Å². The summed E-state index contributed by atoms with van der Waals surface area (Å²) in [5, 5.41) is 5.36. The van der Waals surface area contributed by atoms with Crippen LogP contribution in [0.25, 0.3) is 0 Å². The Bertz CT molecular complexity index is 358. The van der Waals surface area contributed by atoms with Crippen LogP contribution in [0.15, 0.2) is 36.5 Å². The fourth-order valence-corrected chi connectivity index (χ4v) is 1.19. The van der Waals surface area contributed by atoms with Gasteiger partial charge in [-0.2, -0.15) is 0 Å². The number of hydrogen-bond donors (Lipinski definition) is 2. The minimum atomic E-state index is -0.184. The van der Waals surface area contributed by atoms with Crippen molar-refractivity contribution in [1.82, 2.24) is 10.6 Å². The highest BCUT2D eigenvalue weighted by Crippen LogP contribution is 2.05. The molecule has 0 aliphatic rings. The minimum Gasteiger partial charge on any atom is -0.334 e. The fourth-order valence-electron chi connectivity index (χ4n) is 1.19. The zero-order chi connectivity index (χ0) is 11.1. The van der Waals surface area contributed by atoms with Crippen molar-refractivity contribution in [3.63, 3.8) is 0 Å². The highest BCUT2D eigenvalue weighted by atomic mass is 16.2. The lowest BCUT2D eigenvalue weighted by atomic mass is 10.1. The maximum Gasteiger partial charge on any atom is 0.319 e. The molecule has 0 aliphatic carbocycles. The second-order valence-corrected chi connectivity index (χ2v) is 3.25. The summed E-state index contributed by atoms with van der Waals surface area (Å²) in [6, 6.07) is 7.80. The van der Waals surface area contributed by atoms with Gasteiger partial charge in [0.15, 0.2) is 0 Å². The molecule has 0 radical (unpaired) electrons.